The van der Waals surface area contributed by atoms with E-state index in [1.165, 1.54) is 24.5 Å². The number of thiophene rings is 1. The predicted octanol–water partition coefficient (Wildman–Crippen LogP) is 3.06. The van der Waals surface area contributed by atoms with E-state index in [0.29, 0.717) is 16.1 Å². The van der Waals surface area contributed by atoms with Gasteiger partial charge in [0.1, 0.15) is 4.88 Å². The van der Waals surface area contributed by atoms with Crippen LogP contribution in [0.4, 0.5) is 5.69 Å². The zero-order valence-corrected chi connectivity index (χ0v) is 12.5. The lowest BCUT2D eigenvalue weighted by atomic mass is 10.1. The summed E-state index contributed by atoms with van der Waals surface area (Å²) >= 11 is 1.20. The number of amides is 1. The number of hydrogen-bond donors (Lipinski definition) is 1. The molecular weight excluding hydrogens is 300 g/mol. The maximum Gasteiger partial charge on any atom is 0.350 e. The lowest BCUT2D eigenvalue weighted by Crippen LogP contribution is -2.10. The third-order valence-electron chi connectivity index (χ3n) is 2.76. The van der Waals surface area contributed by atoms with Gasteiger partial charge in [-0.1, -0.05) is 12.1 Å². The molecule has 0 saturated carbocycles. The van der Waals surface area contributed by atoms with Crippen LogP contribution in [0.15, 0.2) is 41.8 Å². The summed E-state index contributed by atoms with van der Waals surface area (Å²) in [7, 11) is 1.29. The van der Waals surface area contributed by atoms with Crippen molar-refractivity contribution < 1.29 is 14.3 Å². The van der Waals surface area contributed by atoms with E-state index in [0.717, 1.165) is 5.56 Å². The molecule has 0 radical (unpaired) electrons. The second-order valence-electron chi connectivity index (χ2n) is 4.21. The molecule has 2 aromatic rings. The van der Waals surface area contributed by atoms with Crippen molar-refractivity contribution >= 4 is 35.0 Å². The molecule has 0 unspecified atom stereocenters. The van der Waals surface area contributed by atoms with Crippen LogP contribution in [0.3, 0.4) is 0 Å². The number of esters is 1. The SMILES string of the molecule is COC(=O)c1sccc1NC(=O)C=Cc1ccc(C#N)cc1. The van der Waals surface area contributed by atoms with Crippen molar-refractivity contribution in [2.24, 2.45) is 0 Å². The fourth-order valence-corrected chi connectivity index (χ4v) is 2.44. The standard InChI is InChI=1S/C16H12N2O3S/c1-21-16(20)15-13(8-9-22-15)18-14(19)7-6-11-2-4-12(10-17)5-3-11/h2-9H,1H3,(H,18,19). The molecule has 1 amide bonds. The summed E-state index contributed by atoms with van der Waals surface area (Å²) in [5.74, 6) is -0.839. The number of nitriles is 1. The Hall–Kier alpha value is -2.91. The summed E-state index contributed by atoms with van der Waals surface area (Å²) in [6.45, 7) is 0. The molecular formula is C16H12N2O3S. The second-order valence-corrected chi connectivity index (χ2v) is 5.13. The lowest BCUT2D eigenvalue weighted by molar-refractivity contribution is -0.111. The van der Waals surface area contributed by atoms with Crippen molar-refractivity contribution in [3.63, 3.8) is 0 Å². The number of carbonyl (C=O) groups is 2. The minimum atomic E-state index is -0.485. The fraction of sp³-hybridized carbons (Fsp3) is 0.0625. The topological polar surface area (TPSA) is 79.2 Å². The minimum Gasteiger partial charge on any atom is -0.465 e. The van der Waals surface area contributed by atoms with Gasteiger partial charge in [-0.15, -0.1) is 11.3 Å². The number of ether oxygens (including phenoxy) is 1. The Bertz CT molecular complexity index is 754. The zero-order chi connectivity index (χ0) is 15.9. The molecule has 2 rings (SSSR count). The maximum absolute atomic E-state index is 11.9. The first-order valence-electron chi connectivity index (χ1n) is 6.29. The van der Waals surface area contributed by atoms with Gasteiger partial charge >= 0.3 is 5.97 Å². The van der Waals surface area contributed by atoms with Gasteiger partial charge in [-0.2, -0.15) is 5.26 Å². The average molecular weight is 312 g/mol. The van der Waals surface area contributed by atoms with Crippen LogP contribution in [0.2, 0.25) is 0 Å². The Morgan fingerprint density at radius 3 is 2.64 bits per heavy atom. The Morgan fingerprint density at radius 1 is 1.27 bits per heavy atom. The largest absolute Gasteiger partial charge is 0.465 e. The van der Waals surface area contributed by atoms with E-state index in [2.05, 4.69) is 10.1 Å². The number of nitrogens with one attached hydrogen (secondary N) is 1. The molecule has 0 aliphatic heterocycles. The van der Waals surface area contributed by atoms with Gasteiger partial charge in [0.15, 0.2) is 0 Å². The van der Waals surface area contributed by atoms with Gasteiger partial charge in [0, 0.05) is 6.08 Å². The van der Waals surface area contributed by atoms with E-state index in [1.54, 1.807) is 41.8 Å². The van der Waals surface area contributed by atoms with Crippen LogP contribution in [0.25, 0.3) is 6.08 Å². The van der Waals surface area contributed by atoms with Crippen molar-refractivity contribution in [2.45, 2.75) is 0 Å². The van der Waals surface area contributed by atoms with Gasteiger partial charge in [0.2, 0.25) is 5.91 Å². The first kappa shape index (κ1) is 15.5. The smallest absolute Gasteiger partial charge is 0.350 e. The molecule has 0 atom stereocenters. The van der Waals surface area contributed by atoms with Crippen LogP contribution in [-0.2, 0) is 9.53 Å². The Kier molecular flexibility index (Phi) is 5.07. The highest BCUT2D eigenvalue weighted by atomic mass is 32.1. The van der Waals surface area contributed by atoms with E-state index in [9.17, 15) is 9.59 Å². The van der Waals surface area contributed by atoms with E-state index in [1.807, 2.05) is 6.07 Å². The van der Waals surface area contributed by atoms with Crippen LogP contribution in [-0.4, -0.2) is 19.0 Å². The Balaban J connectivity index is 2.04. The van der Waals surface area contributed by atoms with Gasteiger partial charge in [-0.05, 0) is 35.2 Å². The van der Waals surface area contributed by atoms with Gasteiger partial charge in [0.05, 0.1) is 24.4 Å². The van der Waals surface area contributed by atoms with Crippen LogP contribution in [0, 0.1) is 11.3 Å². The molecule has 22 heavy (non-hydrogen) atoms. The van der Waals surface area contributed by atoms with Crippen molar-refractivity contribution in [3.8, 4) is 6.07 Å². The van der Waals surface area contributed by atoms with Crippen LogP contribution < -0.4 is 5.32 Å². The van der Waals surface area contributed by atoms with Crippen molar-refractivity contribution in [1.82, 2.24) is 0 Å². The van der Waals surface area contributed by atoms with E-state index in [-0.39, 0.29) is 5.91 Å². The third kappa shape index (κ3) is 3.81. The lowest BCUT2D eigenvalue weighted by Gasteiger charge is -2.02. The molecule has 1 heterocycles. The van der Waals surface area contributed by atoms with E-state index < -0.39 is 5.97 Å². The molecule has 0 saturated heterocycles. The number of methoxy groups -OCH3 is 1. The van der Waals surface area contributed by atoms with Gasteiger partial charge < -0.3 is 10.1 Å². The summed E-state index contributed by atoms with van der Waals surface area (Å²) < 4.78 is 4.64. The number of anilines is 1. The van der Waals surface area contributed by atoms with Crippen molar-refractivity contribution in [3.05, 3.63) is 57.8 Å². The first-order valence-corrected chi connectivity index (χ1v) is 7.17. The monoisotopic (exact) mass is 312 g/mol. The molecule has 0 aliphatic rings. The number of benzene rings is 1. The highest BCUT2D eigenvalue weighted by Gasteiger charge is 2.14. The highest BCUT2D eigenvalue weighted by molar-refractivity contribution is 7.12. The van der Waals surface area contributed by atoms with E-state index >= 15 is 0 Å². The summed E-state index contributed by atoms with van der Waals surface area (Å²) in [6.07, 6.45) is 2.99. The molecule has 5 nitrogen and oxygen atoms in total. The molecule has 0 fully saturated rings. The molecule has 1 aromatic carbocycles. The molecule has 0 aliphatic carbocycles. The Morgan fingerprint density at radius 2 is 2.00 bits per heavy atom. The van der Waals surface area contributed by atoms with Crippen LogP contribution >= 0.6 is 11.3 Å². The molecule has 0 spiro atoms. The number of hydrogen-bond acceptors (Lipinski definition) is 5. The first-order chi connectivity index (χ1) is 10.6. The normalized spacial score (nSPS) is 10.2. The predicted molar refractivity (Wildman–Crippen MR) is 84.5 cm³/mol. The maximum atomic E-state index is 11.9. The summed E-state index contributed by atoms with van der Waals surface area (Å²) in [5.41, 5.74) is 1.78. The zero-order valence-electron chi connectivity index (χ0n) is 11.7. The summed E-state index contributed by atoms with van der Waals surface area (Å²) in [6, 6.07) is 10.5. The van der Waals surface area contributed by atoms with Crippen molar-refractivity contribution in [2.75, 3.05) is 12.4 Å². The van der Waals surface area contributed by atoms with Crippen LogP contribution in [0.1, 0.15) is 20.8 Å². The van der Waals surface area contributed by atoms with Gasteiger partial charge in [0.25, 0.3) is 0 Å². The fourth-order valence-electron chi connectivity index (χ4n) is 1.67. The summed E-state index contributed by atoms with van der Waals surface area (Å²) in [5, 5.41) is 13.0. The number of rotatable bonds is 4. The molecule has 1 aromatic heterocycles. The molecule has 110 valence electrons. The highest BCUT2D eigenvalue weighted by Crippen LogP contribution is 2.23. The minimum absolute atomic E-state index is 0.350. The van der Waals surface area contributed by atoms with Gasteiger partial charge in [-0.25, -0.2) is 4.79 Å². The number of nitrogens with zero attached hydrogens (tertiary/aromatic N) is 1. The van der Waals surface area contributed by atoms with Crippen molar-refractivity contribution in [1.29, 1.82) is 5.26 Å². The second kappa shape index (κ2) is 7.20. The number of carbonyl (C=O) groups excluding carboxylic acids is 2. The molecule has 1 N–H and O–H groups in total. The third-order valence-corrected chi connectivity index (χ3v) is 3.66. The summed E-state index contributed by atoms with van der Waals surface area (Å²) in [4.78, 5) is 23.7. The quantitative estimate of drug-likeness (QED) is 0.695. The average Bonchev–Trinajstić information content (AvgIpc) is 3.00. The molecule has 6 heteroatoms. The van der Waals surface area contributed by atoms with E-state index in [4.69, 9.17) is 5.26 Å². The molecule has 0 bridgehead atoms. The Labute approximate surface area is 131 Å². The van der Waals surface area contributed by atoms with Gasteiger partial charge in [-0.3, -0.25) is 4.79 Å². The van der Waals surface area contributed by atoms with Crippen LogP contribution in [0.5, 0.6) is 0 Å².